The maximum absolute atomic E-state index is 13.5. The van der Waals surface area contributed by atoms with Gasteiger partial charge in [0, 0.05) is 42.1 Å². The third kappa shape index (κ3) is 4.95. The fourth-order valence-electron chi connectivity index (χ4n) is 4.60. The fourth-order valence-corrected chi connectivity index (χ4v) is 4.60. The van der Waals surface area contributed by atoms with E-state index >= 15 is 0 Å². The van der Waals surface area contributed by atoms with E-state index in [4.69, 9.17) is 0 Å². The molecule has 2 fully saturated rings. The zero-order valence-corrected chi connectivity index (χ0v) is 18.8. The molecule has 5 rings (SSSR count). The quantitative estimate of drug-likeness (QED) is 0.518. The second kappa shape index (κ2) is 9.38. The summed E-state index contributed by atoms with van der Waals surface area (Å²) in [6.45, 7) is 1.07. The molecule has 1 aromatic heterocycles. The maximum Gasteiger partial charge on any atom is 0.242 e. The molecule has 2 amide bonds. The number of benzene rings is 2. The summed E-state index contributed by atoms with van der Waals surface area (Å²) in [5.74, 6) is -0.0919. The molecule has 3 aromatic rings. The number of rotatable bonds is 9. The van der Waals surface area contributed by atoms with Gasteiger partial charge in [-0.1, -0.05) is 36.8 Å². The number of para-hydroxylation sites is 1. The number of fused-ring (bicyclic) bond motifs is 1. The topological polar surface area (TPSA) is 56.4 Å². The molecular formula is C27H30FN3O2. The van der Waals surface area contributed by atoms with Crippen molar-refractivity contribution < 1.29 is 14.0 Å². The highest BCUT2D eigenvalue weighted by molar-refractivity contribution is 5.87. The summed E-state index contributed by atoms with van der Waals surface area (Å²) in [7, 11) is 0. The van der Waals surface area contributed by atoms with E-state index in [9.17, 15) is 14.0 Å². The summed E-state index contributed by atoms with van der Waals surface area (Å²) in [4.78, 5) is 33.4. The molecule has 0 radical (unpaired) electrons. The molecule has 1 heterocycles. The average Bonchev–Trinajstić information content (AvgIpc) is 3.54. The number of hydrogen-bond donors (Lipinski definition) is 1. The van der Waals surface area contributed by atoms with Crippen molar-refractivity contribution in [1.29, 1.82) is 0 Å². The summed E-state index contributed by atoms with van der Waals surface area (Å²) in [5, 5.41) is 1.16. The fraction of sp³-hybridized carbons (Fsp3) is 0.407. The van der Waals surface area contributed by atoms with Crippen molar-refractivity contribution in [1.82, 2.24) is 14.8 Å². The Kier molecular flexibility index (Phi) is 6.16. The summed E-state index contributed by atoms with van der Waals surface area (Å²) in [6.07, 6.45) is 7.66. The lowest BCUT2D eigenvalue weighted by atomic mass is 9.84. The van der Waals surface area contributed by atoms with Crippen molar-refractivity contribution in [3.8, 4) is 0 Å². The first-order valence-corrected chi connectivity index (χ1v) is 12.0. The molecule has 0 unspecified atom stereocenters. The van der Waals surface area contributed by atoms with Crippen LogP contribution < -0.4 is 0 Å². The Morgan fingerprint density at radius 1 is 1.00 bits per heavy atom. The first kappa shape index (κ1) is 21.7. The molecule has 1 N–H and O–H groups in total. The molecule has 0 bridgehead atoms. The zero-order chi connectivity index (χ0) is 22.8. The minimum absolute atomic E-state index is 0.0428. The van der Waals surface area contributed by atoms with Crippen LogP contribution in [-0.4, -0.2) is 45.7 Å². The number of aromatic amines is 1. The van der Waals surface area contributed by atoms with E-state index in [1.807, 2.05) is 34.2 Å². The second-order valence-electron chi connectivity index (χ2n) is 9.38. The Balaban J connectivity index is 1.32. The summed E-state index contributed by atoms with van der Waals surface area (Å²) < 4.78 is 13.4. The maximum atomic E-state index is 13.5. The molecule has 0 aliphatic heterocycles. The van der Waals surface area contributed by atoms with Crippen molar-refractivity contribution in [2.75, 3.05) is 13.1 Å². The molecule has 2 aliphatic rings. The van der Waals surface area contributed by atoms with Crippen molar-refractivity contribution >= 4 is 22.7 Å². The third-order valence-corrected chi connectivity index (χ3v) is 7.00. The van der Waals surface area contributed by atoms with Gasteiger partial charge in [0.15, 0.2) is 0 Å². The van der Waals surface area contributed by atoms with Crippen LogP contribution in [0.5, 0.6) is 0 Å². The minimum atomic E-state index is -0.290. The predicted molar refractivity (Wildman–Crippen MR) is 126 cm³/mol. The van der Waals surface area contributed by atoms with E-state index in [1.165, 1.54) is 12.1 Å². The molecule has 0 saturated heterocycles. The Morgan fingerprint density at radius 3 is 2.45 bits per heavy atom. The van der Waals surface area contributed by atoms with E-state index in [0.29, 0.717) is 19.5 Å². The van der Waals surface area contributed by atoms with Gasteiger partial charge in [0.25, 0.3) is 0 Å². The lowest BCUT2D eigenvalue weighted by molar-refractivity contribution is -0.145. The van der Waals surface area contributed by atoms with Gasteiger partial charge in [-0.2, -0.15) is 0 Å². The largest absolute Gasteiger partial charge is 0.361 e. The molecule has 6 heteroatoms. The van der Waals surface area contributed by atoms with Crippen LogP contribution >= 0.6 is 0 Å². The highest BCUT2D eigenvalue weighted by Crippen LogP contribution is 2.34. The summed E-state index contributed by atoms with van der Waals surface area (Å²) >= 11 is 0. The average molecular weight is 448 g/mol. The first-order valence-electron chi connectivity index (χ1n) is 12.0. The zero-order valence-electron chi connectivity index (χ0n) is 18.8. The van der Waals surface area contributed by atoms with Gasteiger partial charge < -0.3 is 14.8 Å². The van der Waals surface area contributed by atoms with Crippen LogP contribution in [-0.2, 0) is 22.6 Å². The number of nitrogens with zero attached hydrogens (tertiary/aromatic N) is 2. The van der Waals surface area contributed by atoms with Gasteiger partial charge in [0.1, 0.15) is 12.4 Å². The van der Waals surface area contributed by atoms with Crippen molar-refractivity contribution in [2.24, 2.45) is 5.92 Å². The van der Waals surface area contributed by atoms with E-state index in [0.717, 1.165) is 54.1 Å². The van der Waals surface area contributed by atoms with E-state index in [-0.39, 0.29) is 36.1 Å². The number of nitrogens with one attached hydrogen (secondary N) is 1. The Morgan fingerprint density at radius 2 is 1.76 bits per heavy atom. The lowest BCUT2D eigenvalue weighted by Gasteiger charge is -2.33. The predicted octanol–water partition coefficient (Wildman–Crippen LogP) is 4.67. The molecule has 2 saturated carbocycles. The van der Waals surface area contributed by atoms with Crippen LogP contribution in [0.25, 0.3) is 10.9 Å². The van der Waals surface area contributed by atoms with Crippen molar-refractivity contribution in [3.05, 3.63) is 71.7 Å². The van der Waals surface area contributed by atoms with Crippen LogP contribution in [0.1, 0.15) is 43.2 Å². The van der Waals surface area contributed by atoms with Gasteiger partial charge in [-0.25, -0.2) is 4.39 Å². The smallest absolute Gasteiger partial charge is 0.242 e. The van der Waals surface area contributed by atoms with E-state index < -0.39 is 0 Å². The van der Waals surface area contributed by atoms with Crippen molar-refractivity contribution in [3.63, 3.8) is 0 Å². The van der Waals surface area contributed by atoms with E-state index in [2.05, 4.69) is 11.1 Å². The van der Waals surface area contributed by atoms with Gasteiger partial charge >= 0.3 is 0 Å². The molecule has 2 aromatic carbocycles. The van der Waals surface area contributed by atoms with Crippen LogP contribution in [0.15, 0.2) is 54.7 Å². The van der Waals surface area contributed by atoms with Crippen LogP contribution in [0, 0.1) is 11.7 Å². The lowest BCUT2D eigenvalue weighted by Crippen LogP contribution is -2.47. The Hall–Kier alpha value is -3.15. The Labute approximate surface area is 193 Å². The van der Waals surface area contributed by atoms with Crippen LogP contribution in [0.3, 0.4) is 0 Å². The standard InChI is InChI=1S/C27H30FN3O2/c28-22-10-8-19(9-11-22)17-30(15-14-21-16-29-25-7-2-1-6-24(21)25)26(32)18-31(23-12-13-23)27(33)20-4-3-5-20/h1-2,6-11,16,20,23,29H,3-5,12-15,17-18H2. The van der Waals surface area contributed by atoms with Gasteiger partial charge in [0.05, 0.1) is 0 Å². The summed E-state index contributed by atoms with van der Waals surface area (Å²) in [5.41, 5.74) is 3.12. The molecule has 2 aliphatic carbocycles. The minimum Gasteiger partial charge on any atom is -0.361 e. The number of aromatic nitrogens is 1. The molecule has 0 spiro atoms. The molecule has 33 heavy (non-hydrogen) atoms. The molecule has 5 nitrogen and oxygen atoms in total. The SMILES string of the molecule is O=C(CN(C(=O)C1CCC1)C1CC1)N(CCc1c[nH]c2ccccc12)Cc1ccc(F)cc1. The first-order chi connectivity index (χ1) is 16.1. The monoisotopic (exact) mass is 447 g/mol. The number of hydrogen-bond acceptors (Lipinski definition) is 2. The van der Waals surface area contributed by atoms with Crippen LogP contribution in [0.4, 0.5) is 4.39 Å². The number of carbonyl (C=O) groups is 2. The highest BCUT2D eigenvalue weighted by Gasteiger charge is 2.39. The molecule has 172 valence electrons. The van der Waals surface area contributed by atoms with Gasteiger partial charge in [-0.15, -0.1) is 0 Å². The number of carbonyl (C=O) groups excluding carboxylic acids is 2. The molecular weight excluding hydrogens is 417 g/mol. The highest BCUT2D eigenvalue weighted by atomic mass is 19.1. The third-order valence-electron chi connectivity index (χ3n) is 7.00. The van der Waals surface area contributed by atoms with E-state index in [1.54, 1.807) is 12.1 Å². The number of halogens is 1. The number of amides is 2. The van der Waals surface area contributed by atoms with Crippen LogP contribution in [0.2, 0.25) is 0 Å². The normalized spacial score (nSPS) is 15.9. The van der Waals surface area contributed by atoms with Gasteiger partial charge in [0.2, 0.25) is 11.8 Å². The Bertz CT molecular complexity index is 1130. The van der Waals surface area contributed by atoms with Gasteiger partial charge in [-0.3, -0.25) is 9.59 Å². The van der Waals surface area contributed by atoms with Crippen molar-refractivity contribution in [2.45, 2.75) is 51.1 Å². The second-order valence-corrected chi connectivity index (χ2v) is 9.38. The summed E-state index contributed by atoms with van der Waals surface area (Å²) in [6, 6.07) is 14.6. The number of H-pyrrole nitrogens is 1. The molecule has 0 atom stereocenters. The van der Waals surface area contributed by atoms with Gasteiger partial charge in [-0.05, 0) is 61.4 Å².